The van der Waals surface area contributed by atoms with Crippen LogP contribution in [-0.4, -0.2) is 9.97 Å². The molecule has 3 N–H and O–H groups in total. The van der Waals surface area contributed by atoms with Gasteiger partial charge < -0.3 is 11.1 Å². The fourth-order valence-corrected chi connectivity index (χ4v) is 2.58. The molecule has 0 bridgehead atoms. The zero-order valence-corrected chi connectivity index (χ0v) is 11.8. The van der Waals surface area contributed by atoms with Crippen LogP contribution < -0.4 is 11.1 Å². The van der Waals surface area contributed by atoms with Gasteiger partial charge in [-0.2, -0.15) is 0 Å². The van der Waals surface area contributed by atoms with Gasteiger partial charge in [0.05, 0.1) is 5.52 Å². The van der Waals surface area contributed by atoms with Crippen LogP contribution in [0.4, 0.5) is 17.2 Å². The van der Waals surface area contributed by atoms with E-state index in [9.17, 15) is 0 Å². The van der Waals surface area contributed by atoms with Crippen molar-refractivity contribution in [2.45, 2.75) is 0 Å². The highest BCUT2D eigenvalue weighted by molar-refractivity contribution is 5.94. The zero-order chi connectivity index (χ0) is 14.9. The third-order valence-electron chi connectivity index (χ3n) is 3.67. The van der Waals surface area contributed by atoms with Gasteiger partial charge in [-0.3, -0.25) is 0 Å². The summed E-state index contributed by atoms with van der Waals surface area (Å²) >= 11 is 0. The van der Waals surface area contributed by atoms with Gasteiger partial charge >= 0.3 is 0 Å². The first-order chi connectivity index (χ1) is 10.8. The van der Waals surface area contributed by atoms with E-state index in [1.165, 1.54) is 10.8 Å². The highest BCUT2D eigenvalue weighted by Crippen LogP contribution is 2.26. The van der Waals surface area contributed by atoms with Gasteiger partial charge in [0.15, 0.2) is 0 Å². The van der Waals surface area contributed by atoms with E-state index in [0.29, 0.717) is 5.69 Å². The Morgan fingerprint density at radius 3 is 2.59 bits per heavy atom. The maximum Gasteiger partial charge on any atom is 0.141 e. The average Bonchev–Trinajstić information content (AvgIpc) is 2.55. The number of aromatic nitrogens is 2. The molecule has 0 saturated carbocycles. The molecule has 3 aromatic carbocycles. The van der Waals surface area contributed by atoms with Crippen LogP contribution in [0.15, 0.2) is 67.0 Å². The van der Waals surface area contributed by atoms with E-state index >= 15 is 0 Å². The van der Waals surface area contributed by atoms with E-state index in [-0.39, 0.29) is 0 Å². The molecule has 106 valence electrons. The maximum atomic E-state index is 5.88. The standard InChI is InChI=1S/C18H14N4/c19-14-6-8-17-16(10-14)18(21-11-20-17)22-15-7-5-12-3-1-2-4-13(12)9-15/h1-11H,19H2,(H,20,21,22). The minimum Gasteiger partial charge on any atom is -0.399 e. The summed E-state index contributed by atoms with van der Waals surface area (Å²) in [5.41, 5.74) is 8.43. The third kappa shape index (κ3) is 2.20. The van der Waals surface area contributed by atoms with Crippen LogP contribution in [0.1, 0.15) is 0 Å². The number of hydrogen-bond donors (Lipinski definition) is 2. The van der Waals surface area contributed by atoms with Gasteiger partial charge in [-0.25, -0.2) is 9.97 Å². The third-order valence-corrected chi connectivity index (χ3v) is 3.67. The highest BCUT2D eigenvalue weighted by Gasteiger charge is 2.05. The molecular weight excluding hydrogens is 272 g/mol. The highest BCUT2D eigenvalue weighted by atomic mass is 15.0. The number of nitrogens with one attached hydrogen (secondary N) is 1. The molecule has 1 aromatic heterocycles. The molecular formula is C18H14N4. The van der Waals surface area contributed by atoms with Crippen molar-refractivity contribution in [2.75, 3.05) is 11.1 Å². The first-order valence-corrected chi connectivity index (χ1v) is 7.06. The van der Waals surface area contributed by atoms with E-state index in [1.54, 1.807) is 6.33 Å². The minimum absolute atomic E-state index is 0.698. The normalized spacial score (nSPS) is 10.9. The number of nitrogens with zero attached hydrogens (tertiary/aromatic N) is 2. The molecule has 0 fully saturated rings. The zero-order valence-electron chi connectivity index (χ0n) is 11.8. The summed E-state index contributed by atoms with van der Waals surface area (Å²) in [4.78, 5) is 8.61. The van der Waals surface area contributed by atoms with E-state index in [0.717, 1.165) is 22.4 Å². The molecule has 4 aromatic rings. The molecule has 0 aliphatic rings. The lowest BCUT2D eigenvalue weighted by atomic mass is 10.1. The summed E-state index contributed by atoms with van der Waals surface area (Å²) in [6.07, 6.45) is 1.56. The van der Waals surface area contributed by atoms with Crippen LogP contribution in [0.25, 0.3) is 21.7 Å². The van der Waals surface area contributed by atoms with Crippen molar-refractivity contribution in [1.29, 1.82) is 0 Å². The lowest BCUT2D eigenvalue weighted by molar-refractivity contribution is 1.22. The Bertz CT molecular complexity index is 979. The summed E-state index contributed by atoms with van der Waals surface area (Å²) in [5.74, 6) is 0.757. The van der Waals surface area contributed by atoms with Crippen molar-refractivity contribution >= 4 is 38.9 Å². The molecule has 22 heavy (non-hydrogen) atoms. The molecule has 0 amide bonds. The Morgan fingerprint density at radius 1 is 0.818 bits per heavy atom. The van der Waals surface area contributed by atoms with Crippen molar-refractivity contribution in [1.82, 2.24) is 9.97 Å². The molecule has 4 nitrogen and oxygen atoms in total. The minimum atomic E-state index is 0.698. The van der Waals surface area contributed by atoms with Crippen molar-refractivity contribution in [2.24, 2.45) is 0 Å². The van der Waals surface area contributed by atoms with Crippen molar-refractivity contribution in [3.63, 3.8) is 0 Å². The molecule has 4 rings (SSSR count). The van der Waals surface area contributed by atoms with Gasteiger partial charge in [-0.1, -0.05) is 30.3 Å². The van der Waals surface area contributed by atoms with Gasteiger partial charge in [0, 0.05) is 16.8 Å². The molecule has 0 unspecified atom stereocenters. The number of fused-ring (bicyclic) bond motifs is 2. The van der Waals surface area contributed by atoms with E-state index in [4.69, 9.17) is 5.73 Å². The Labute approximate surface area is 127 Å². The Morgan fingerprint density at radius 2 is 1.68 bits per heavy atom. The van der Waals surface area contributed by atoms with Gasteiger partial charge in [0.25, 0.3) is 0 Å². The number of rotatable bonds is 2. The summed E-state index contributed by atoms with van der Waals surface area (Å²) in [5, 5.41) is 6.67. The second-order valence-corrected chi connectivity index (χ2v) is 5.19. The van der Waals surface area contributed by atoms with Crippen LogP contribution in [0.2, 0.25) is 0 Å². The average molecular weight is 286 g/mol. The van der Waals surface area contributed by atoms with Gasteiger partial charge in [0.2, 0.25) is 0 Å². The Balaban J connectivity index is 1.80. The molecule has 1 heterocycles. The number of nitrogen functional groups attached to an aromatic ring is 1. The number of hydrogen-bond acceptors (Lipinski definition) is 4. The maximum absolute atomic E-state index is 5.88. The SMILES string of the molecule is Nc1ccc2ncnc(Nc3ccc4ccccc4c3)c2c1. The van der Waals surface area contributed by atoms with Crippen molar-refractivity contribution in [3.8, 4) is 0 Å². The van der Waals surface area contributed by atoms with E-state index in [1.807, 2.05) is 36.4 Å². The lowest BCUT2D eigenvalue weighted by Gasteiger charge is -2.09. The number of anilines is 3. The summed E-state index contributed by atoms with van der Waals surface area (Å²) in [6, 6.07) is 20.1. The van der Waals surface area contributed by atoms with Crippen LogP contribution >= 0.6 is 0 Å². The lowest BCUT2D eigenvalue weighted by Crippen LogP contribution is -1.96. The van der Waals surface area contributed by atoms with E-state index in [2.05, 4.69) is 39.6 Å². The molecule has 0 spiro atoms. The smallest absolute Gasteiger partial charge is 0.141 e. The first kappa shape index (κ1) is 12.6. The first-order valence-electron chi connectivity index (χ1n) is 7.06. The van der Waals surface area contributed by atoms with Gasteiger partial charge in [-0.15, -0.1) is 0 Å². The van der Waals surface area contributed by atoms with E-state index < -0.39 is 0 Å². The van der Waals surface area contributed by atoms with Gasteiger partial charge in [0.1, 0.15) is 12.1 Å². The second kappa shape index (κ2) is 5.00. The summed E-state index contributed by atoms with van der Waals surface area (Å²) < 4.78 is 0. The molecule has 0 aliphatic carbocycles. The van der Waals surface area contributed by atoms with Crippen LogP contribution in [0, 0.1) is 0 Å². The molecule has 0 aliphatic heterocycles. The molecule has 0 saturated heterocycles. The predicted octanol–water partition coefficient (Wildman–Crippen LogP) is 4.11. The number of nitrogens with two attached hydrogens (primary N) is 1. The van der Waals surface area contributed by atoms with Crippen LogP contribution in [0.3, 0.4) is 0 Å². The molecule has 0 radical (unpaired) electrons. The largest absolute Gasteiger partial charge is 0.399 e. The monoisotopic (exact) mass is 286 g/mol. The predicted molar refractivity (Wildman–Crippen MR) is 91.2 cm³/mol. The summed E-state index contributed by atoms with van der Waals surface area (Å²) in [6.45, 7) is 0. The number of benzene rings is 3. The summed E-state index contributed by atoms with van der Waals surface area (Å²) in [7, 11) is 0. The second-order valence-electron chi connectivity index (χ2n) is 5.19. The quantitative estimate of drug-likeness (QED) is 0.544. The fourth-order valence-electron chi connectivity index (χ4n) is 2.58. The van der Waals surface area contributed by atoms with Crippen LogP contribution in [-0.2, 0) is 0 Å². The fraction of sp³-hybridized carbons (Fsp3) is 0. The molecule has 4 heteroatoms. The Hall–Kier alpha value is -3.14. The Kier molecular flexibility index (Phi) is 2.86. The van der Waals surface area contributed by atoms with Crippen molar-refractivity contribution < 1.29 is 0 Å². The van der Waals surface area contributed by atoms with Gasteiger partial charge in [-0.05, 0) is 41.1 Å². The van der Waals surface area contributed by atoms with Crippen molar-refractivity contribution in [3.05, 3.63) is 67.0 Å². The topological polar surface area (TPSA) is 63.8 Å². The molecule has 0 atom stereocenters. The van der Waals surface area contributed by atoms with Crippen LogP contribution in [0.5, 0.6) is 0 Å².